The maximum atomic E-state index is 13.4. The van der Waals surface area contributed by atoms with Crippen LogP contribution in [0.1, 0.15) is 24.2 Å². The van der Waals surface area contributed by atoms with Crippen LogP contribution in [-0.4, -0.2) is 26.1 Å². The zero-order chi connectivity index (χ0) is 16.1. The lowest BCUT2D eigenvalue weighted by Gasteiger charge is -2.19. The van der Waals surface area contributed by atoms with Crippen molar-refractivity contribution in [2.24, 2.45) is 4.99 Å². The van der Waals surface area contributed by atoms with Crippen molar-refractivity contribution in [2.75, 3.05) is 20.1 Å². The summed E-state index contributed by atoms with van der Waals surface area (Å²) in [5, 5.41) is 6.63. The Morgan fingerprint density at radius 3 is 2.71 bits per heavy atom. The Morgan fingerprint density at radius 1 is 1.25 bits per heavy atom. The number of furan rings is 1. The Hall–Kier alpha value is -1.57. The maximum absolute atomic E-state index is 13.4. The molecule has 2 N–H and O–H groups in total. The molecule has 0 saturated heterocycles. The number of rotatable bonds is 6. The zero-order valence-corrected chi connectivity index (χ0v) is 16.0. The number of hydrogen-bond acceptors (Lipinski definition) is 2. The van der Waals surface area contributed by atoms with Gasteiger partial charge in [-0.3, -0.25) is 4.99 Å². The van der Waals surface area contributed by atoms with Gasteiger partial charge in [-0.15, -0.1) is 24.0 Å². The molecule has 1 saturated carbocycles. The van der Waals surface area contributed by atoms with Crippen LogP contribution in [0.5, 0.6) is 0 Å². The predicted molar refractivity (Wildman–Crippen MR) is 105 cm³/mol. The fraction of sp³-hybridized carbons (Fsp3) is 0.389. The molecule has 2 aromatic rings. The summed E-state index contributed by atoms with van der Waals surface area (Å²) in [6, 6.07) is 10.8. The van der Waals surface area contributed by atoms with Crippen molar-refractivity contribution < 1.29 is 8.81 Å². The highest BCUT2D eigenvalue weighted by molar-refractivity contribution is 14.0. The van der Waals surface area contributed by atoms with Crippen molar-refractivity contribution in [3.05, 3.63) is 59.8 Å². The number of benzene rings is 1. The largest absolute Gasteiger partial charge is 0.469 e. The molecule has 1 fully saturated rings. The van der Waals surface area contributed by atoms with Gasteiger partial charge >= 0.3 is 0 Å². The van der Waals surface area contributed by atoms with Gasteiger partial charge in [-0.25, -0.2) is 4.39 Å². The summed E-state index contributed by atoms with van der Waals surface area (Å²) in [4.78, 5) is 4.24. The number of halogens is 2. The van der Waals surface area contributed by atoms with Crippen molar-refractivity contribution in [3.63, 3.8) is 0 Å². The average Bonchev–Trinajstić information content (AvgIpc) is 3.18. The number of nitrogens with zero attached hydrogens (tertiary/aromatic N) is 1. The first-order valence-corrected chi connectivity index (χ1v) is 7.95. The minimum absolute atomic E-state index is 0. The summed E-state index contributed by atoms with van der Waals surface area (Å²) < 4.78 is 18.7. The van der Waals surface area contributed by atoms with Crippen LogP contribution in [0.15, 0.2) is 52.1 Å². The Kier molecular flexibility index (Phi) is 6.65. The zero-order valence-electron chi connectivity index (χ0n) is 13.7. The highest BCUT2D eigenvalue weighted by atomic mass is 127. The minimum atomic E-state index is -0.172. The van der Waals surface area contributed by atoms with Crippen LogP contribution in [0.25, 0.3) is 0 Å². The third-order valence-electron chi connectivity index (χ3n) is 4.35. The van der Waals surface area contributed by atoms with E-state index in [1.165, 1.54) is 6.07 Å². The minimum Gasteiger partial charge on any atom is -0.469 e. The Morgan fingerprint density at radius 2 is 2.08 bits per heavy atom. The van der Waals surface area contributed by atoms with Crippen LogP contribution in [0.2, 0.25) is 0 Å². The van der Waals surface area contributed by atoms with Crippen LogP contribution in [-0.2, 0) is 11.8 Å². The third-order valence-corrected chi connectivity index (χ3v) is 4.35. The van der Waals surface area contributed by atoms with Crippen molar-refractivity contribution in [3.8, 4) is 0 Å². The second-order valence-corrected chi connectivity index (χ2v) is 5.97. The van der Waals surface area contributed by atoms with E-state index in [-0.39, 0.29) is 35.2 Å². The molecular formula is C18H23FIN3O. The molecule has 24 heavy (non-hydrogen) atoms. The Labute approximate surface area is 159 Å². The second kappa shape index (κ2) is 8.50. The van der Waals surface area contributed by atoms with Crippen LogP contribution in [0.3, 0.4) is 0 Å². The highest BCUT2D eigenvalue weighted by Gasteiger charge is 2.44. The summed E-state index contributed by atoms with van der Waals surface area (Å²) in [7, 11) is 1.75. The fourth-order valence-electron chi connectivity index (χ4n) is 2.77. The van der Waals surface area contributed by atoms with E-state index in [2.05, 4.69) is 15.6 Å². The smallest absolute Gasteiger partial charge is 0.191 e. The molecule has 1 aliphatic carbocycles. The quantitative estimate of drug-likeness (QED) is 0.409. The molecule has 0 spiro atoms. The summed E-state index contributed by atoms with van der Waals surface area (Å²) >= 11 is 0. The van der Waals surface area contributed by atoms with Gasteiger partial charge in [-0.1, -0.05) is 12.1 Å². The van der Waals surface area contributed by atoms with Gasteiger partial charge < -0.3 is 15.1 Å². The molecule has 4 nitrogen and oxygen atoms in total. The van der Waals surface area contributed by atoms with Gasteiger partial charge in [0.15, 0.2) is 5.96 Å². The third kappa shape index (κ3) is 4.72. The highest BCUT2D eigenvalue weighted by Crippen LogP contribution is 2.47. The molecule has 0 unspecified atom stereocenters. The van der Waals surface area contributed by atoms with E-state index >= 15 is 0 Å². The number of guanidine groups is 1. The normalized spacial score (nSPS) is 15.5. The molecule has 1 aromatic heterocycles. The van der Waals surface area contributed by atoms with Crippen LogP contribution < -0.4 is 10.6 Å². The lowest BCUT2D eigenvalue weighted by Crippen LogP contribution is -2.41. The van der Waals surface area contributed by atoms with Crippen LogP contribution in [0.4, 0.5) is 4.39 Å². The monoisotopic (exact) mass is 443 g/mol. The van der Waals surface area contributed by atoms with Crippen molar-refractivity contribution >= 4 is 29.9 Å². The molecule has 3 rings (SSSR count). The number of nitrogens with one attached hydrogen (secondary N) is 2. The molecule has 0 radical (unpaired) electrons. The molecule has 1 aromatic carbocycles. The molecular weight excluding hydrogens is 420 g/mol. The molecule has 0 aliphatic heterocycles. The standard InChI is InChI=1S/C18H22FN3O.HI/c1-20-17(21-10-7-16-6-3-11-23-16)22-13-18(8-9-18)14-4-2-5-15(19)12-14;/h2-6,11-12H,7-10,13H2,1H3,(H2,20,21,22);1H. The van der Waals surface area contributed by atoms with E-state index < -0.39 is 0 Å². The van der Waals surface area contributed by atoms with Crippen LogP contribution in [0, 0.1) is 5.82 Å². The van der Waals surface area contributed by atoms with Crippen molar-refractivity contribution in [1.82, 2.24) is 10.6 Å². The Balaban J connectivity index is 0.00000208. The lowest BCUT2D eigenvalue weighted by molar-refractivity contribution is 0.506. The molecule has 0 atom stereocenters. The van der Waals surface area contributed by atoms with E-state index in [4.69, 9.17) is 4.42 Å². The summed E-state index contributed by atoms with van der Waals surface area (Å²) in [6.07, 6.45) is 4.64. The van der Waals surface area contributed by atoms with Crippen molar-refractivity contribution in [1.29, 1.82) is 0 Å². The maximum Gasteiger partial charge on any atom is 0.191 e. The summed E-state index contributed by atoms with van der Waals surface area (Å²) in [5.74, 6) is 1.54. The van der Waals surface area contributed by atoms with E-state index in [0.29, 0.717) is 0 Å². The first-order chi connectivity index (χ1) is 11.2. The second-order valence-electron chi connectivity index (χ2n) is 5.97. The predicted octanol–water partition coefficient (Wildman–Crippen LogP) is 3.48. The van der Waals surface area contributed by atoms with Gasteiger partial charge in [0.05, 0.1) is 6.26 Å². The fourth-order valence-corrected chi connectivity index (χ4v) is 2.77. The van der Waals surface area contributed by atoms with Crippen LogP contribution >= 0.6 is 24.0 Å². The van der Waals surface area contributed by atoms with Crippen molar-refractivity contribution in [2.45, 2.75) is 24.7 Å². The van der Waals surface area contributed by atoms with Gasteiger partial charge in [-0.2, -0.15) is 0 Å². The molecule has 1 aliphatic rings. The average molecular weight is 443 g/mol. The molecule has 130 valence electrons. The van der Waals surface area contributed by atoms with Gasteiger partial charge in [0.1, 0.15) is 11.6 Å². The molecule has 0 amide bonds. The van der Waals surface area contributed by atoms with Gasteiger partial charge in [0.2, 0.25) is 0 Å². The number of hydrogen-bond donors (Lipinski definition) is 2. The van der Waals surface area contributed by atoms with E-state index in [0.717, 1.165) is 49.6 Å². The first-order valence-electron chi connectivity index (χ1n) is 7.95. The summed E-state index contributed by atoms with van der Waals surface area (Å²) in [5.41, 5.74) is 1.11. The van der Waals surface area contributed by atoms with E-state index in [1.54, 1.807) is 25.4 Å². The summed E-state index contributed by atoms with van der Waals surface area (Å²) in [6.45, 7) is 1.51. The van der Waals surface area contributed by atoms with Gasteiger partial charge in [-0.05, 0) is 42.7 Å². The first kappa shape index (κ1) is 18.8. The molecule has 0 bridgehead atoms. The topological polar surface area (TPSA) is 49.6 Å². The van der Waals surface area contributed by atoms with Gasteiger partial charge in [0.25, 0.3) is 0 Å². The lowest BCUT2D eigenvalue weighted by atomic mass is 9.96. The van der Waals surface area contributed by atoms with E-state index in [1.807, 2.05) is 18.2 Å². The molecule has 1 heterocycles. The molecule has 6 heteroatoms. The SMILES string of the molecule is CN=C(NCCc1ccco1)NCC1(c2cccc(F)c2)CC1.I. The van der Waals surface area contributed by atoms with Gasteiger partial charge in [0, 0.05) is 32.0 Å². The number of aliphatic imine (C=N–C) groups is 1. The van der Waals surface area contributed by atoms with E-state index in [9.17, 15) is 4.39 Å². The Bertz CT molecular complexity index is 669.